The van der Waals surface area contributed by atoms with Gasteiger partial charge in [-0.15, -0.1) is 0 Å². The molecule has 0 heterocycles. The number of hydrogen-bond donors (Lipinski definition) is 1. The van der Waals surface area contributed by atoms with Crippen molar-refractivity contribution in [2.24, 2.45) is 5.92 Å². The van der Waals surface area contributed by atoms with E-state index in [1.807, 2.05) is 30.3 Å². The van der Waals surface area contributed by atoms with Crippen LogP contribution in [0.15, 0.2) is 48.5 Å². The van der Waals surface area contributed by atoms with Gasteiger partial charge >= 0.3 is 0 Å². The molecule has 1 saturated carbocycles. The van der Waals surface area contributed by atoms with Crippen LogP contribution in [0.1, 0.15) is 34.8 Å². The van der Waals surface area contributed by atoms with Gasteiger partial charge in [0.1, 0.15) is 11.6 Å². The van der Waals surface area contributed by atoms with E-state index in [-0.39, 0.29) is 11.6 Å². The fourth-order valence-corrected chi connectivity index (χ4v) is 2.46. The van der Waals surface area contributed by atoms with E-state index < -0.39 is 17.5 Å². The van der Waals surface area contributed by atoms with Crippen LogP contribution in [0.3, 0.4) is 0 Å². The third-order valence-electron chi connectivity index (χ3n) is 3.71. The van der Waals surface area contributed by atoms with Crippen LogP contribution in [0.2, 0.25) is 0 Å². The molecule has 0 spiro atoms. The van der Waals surface area contributed by atoms with Gasteiger partial charge in [-0.05, 0) is 36.5 Å². The molecule has 1 fully saturated rings. The first-order chi connectivity index (χ1) is 10.1. The van der Waals surface area contributed by atoms with E-state index in [0.29, 0.717) is 5.92 Å². The fourth-order valence-electron chi connectivity index (χ4n) is 2.46. The SMILES string of the molecule is O=C(N[C@H](c1ccccc1)C1CC1)c1ccc(F)cc1F. The number of halogens is 2. The third-order valence-corrected chi connectivity index (χ3v) is 3.71. The summed E-state index contributed by atoms with van der Waals surface area (Å²) in [5.41, 5.74) is 0.883. The molecular weight excluding hydrogens is 272 g/mol. The van der Waals surface area contributed by atoms with Gasteiger partial charge < -0.3 is 5.32 Å². The highest BCUT2D eigenvalue weighted by molar-refractivity contribution is 5.94. The first-order valence-electron chi connectivity index (χ1n) is 6.96. The molecule has 0 aromatic heterocycles. The maximum atomic E-state index is 13.7. The summed E-state index contributed by atoms with van der Waals surface area (Å²) in [6.45, 7) is 0. The summed E-state index contributed by atoms with van der Waals surface area (Å²) in [7, 11) is 0. The van der Waals surface area contributed by atoms with Crippen molar-refractivity contribution in [2.75, 3.05) is 0 Å². The lowest BCUT2D eigenvalue weighted by Crippen LogP contribution is -2.30. The van der Waals surface area contributed by atoms with Gasteiger partial charge in [-0.3, -0.25) is 4.79 Å². The maximum absolute atomic E-state index is 13.7. The fraction of sp³-hybridized carbons (Fsp3) is 0.235. The minimum Gasteiger partial charge on any atom is -0.345 e. The van der Waals surface area contributed by atoms with E-state index in [1.165, 1.54) is 6.07 Å². The Labute approximate surface area is 121 Å². The molecule has 21 heavy (non-hydrogen) atoms. The van der Waals surface area contributed by atoms with E-state index in [0.717, 1.165) is 30.5 Å². The van der Waals surface area contributed by atoms with Crippen LogP contribution < -0.4 is 5.32 Å². The van der Waals surface area contributed by atoms with Crippen LogP contribution in [0, 0.1) is 17.6 Å². The van der Waals surface area contributed by atoms with Crippen molar-refractivity contribution in [2.45, 2.75) is 18.9 Å². The molecule has 108 valence electrons. The zero-order valence-electron chi connectivity index (χ0n) is 11.4. The Kier molecular flexibility index (Phi) is 3.69. The lowest BCUT2D eigenvalue weighted by atomic mass is 10.0. The molecule has 1 N–H and O–H groups in total. The molecule has 4 heteroatoms. The Bertz CT molecular complexity index is 653. The van der Waals surface area contributed by atoms with Crippen LogP contribution in [-0.4, -0.2) is 5.91 Å². The van der Waals surface area contributed by atoms with E-state index in [4.69, 9.17) is 0 Å². The molecule has 0 bridgehead atoms. The van der Waals surface area contributed by atoms with Gasteiger partial charge in [-0.2, -0.15) is 0 Å². The Balaban J connectivity index is 1.81. The minimum absolute atomic E-state index is 0.122. The highest BCUT2D eigenvalue weighted by Crippen LogP contribution is 2.41. The number of rotatable bonds is 4. The van der Waals surface area contributed by atoms with E-state index in [1.54, 1.807) is 0 Å². The van der Waals surface area contributed by atoms with Gasteiger partial charge in [0.2, 0.25) is 0 Å². The largest absolute Gasteiger partial charge is 0.345 e. The number of carbonyl (C=O) groups excluding carboxylic acids is 1. The molecule has 1 amide bonds. The van der Waals surface area contributed by atoms with Gasteiger partial charge in [0.15, 0.2) is 0 Å². The summed E-state index contributed by atoms with van der Waals surface area (Å²) < 4.78 is 26.6. The normalized spacial score (nSPS) is 15.5. The smallest absolute Gasteiger partial charge is 0.254 e. The summed E-state index contributed by atoms with van der Waals surface area (Å²) in [6, 6.07) is 12.5. The van der Waals surface area contributed by atoms with Crippen molar-refractivity contribution >= 4 is 5.91 Å². The number of amides is 1. The Hall–Kier alpha value is -2.23. The van der Waals surface area contributed by atoms with E-state index in [2.05, 4.69) is 5.32 Å². The second-order valence-corrected chi connectivity index (χ2v) is 5.32. The Morgan fingerprint density at radius 1 is 1.10 bits per heavy atom. The van der Waals surface area contributed by atoms with Crippen molar-refractivity contribution in [3.05, 3.63) is 71.3 Å². The number of hydrogen-bond acceptors (Lipinski definition) is 1. The van der Waals surface area contributed by atoms with Crippen molar-refractivity contribution in [1.82, 2.24) is 5.32 Å². The zero-order chi connectivity index (χ0) is 14.8. The molecule has 0 unspecified atom stereocenters. The van der Waals surface area contributed by atoms with Crippen LogP contribution in [0.5, 0.6) is 0 Å². The first kappa shape index (κ1) is 13.7. The number of nitrogens with one attached hydrogen (secondary N) is 1. The van der Waals surface area contributed by atoms with E-state index in [9.17, 15) is 13.6 Å². The van der Waals surface area contributed by atoms with Gasteiger partial charge in [0, 0.05) is 6.07 Å². The highest BCUT2D eigenvalue weighted by atomic mass is 19.1. The molecule has 2 aromatic carbocycles. The van der Waals surface area contributed by atoms with Gasteiger partial charge in [-0.1, -0.05) is 30.3 Å². The Morgan fingerprint density at radius 2 is 1.81 bits per heavy atom. The predicted molar refractivity (Wildman–Crippen MR) is 75.7 cm³/mol. The highest BCUT2D eigenvalue weighted by Gasteiger charge is 2.33. The summed E-state index contributed by atoms with van der Waals surface area (Å²) in [5, 5.41) is 2.87. The topological polar surface area (TPSA) is 29.1 Å². The molecule has 1 aliphatic carbocycles. The Morgan fingerprint density at radius 3 is 2.43 bits per heavy atom. The lowest BCUT2D eigenvalue weighted by molar-refractivity contribution is 0.0927. The predicted octanol–water partition coefficient (Wildman–Crippen LogP) is 3.85. The first-order valence-corrected chi connectivity index (χ1v) is 6.96. The summed E-state index contributed by atoms with van der Waals surface area (Å²) in [4.78, 5) is 12.2. The average molecular weight is 287 g/mol. The molecule has 0 saturated heterocycles. The van der Waals surface area contributed by atoms with Crippen LogP contribution in [0.4, 0.5) is 8.78 Å². The molecule has 0 aliphatic heterocycles. The second kappa shape index (κ2) is 5.64. The molecule has 1 aliphatic rings. The van der Waals surface area contributed by atoms with Crippen molar-refractivity contribution in [1.29, 1.82) is 0 Å². The van der Waals surface area contributed by atoms with E-state index >= 15 is 0 Å². The molecule has 2 aromatic rings. The van der Waals surface area contributed by atoms with Crippen LogP contribution in [-0.2, 0) is 0 Å². The minimum atomic E-state index is -0.838. The van der Waals surface area contributed by atoms with Gasteiger partial charge in [0.05, 0.1) is 11.6 Å². The number of benzene rings is 2. The summed E-state index contributed by atoms with van der Waals surface area (Å²) in [6.07, 6.45) is 2.09. The summed E-state index contributed by atoms with van der Waals surface area (Å²) >= 11 is 0. The second-order valence-electron chi connectivity index (χ2n) is 5.32. The average Bonchev–Trinajstić information content (AvgIpc) is 3.30. The molecule has 1 atom stereocenters. The third kappa shape index (κ3) is 3.10. The molecule has 0 radical (unpaired) electrons. The molecule has 2 nitrogen and oxygen atoms in total. The molecular formula is C17H15F2NO. The van der Waals surface area contributed by atoms with Crippen LogP contribution in [0.25, 0.3) is 0 Å². The number of carbonyl (C=O) groups is 1. The zero-order valence-corrected chi connectivity index (χ0v) is 11.4. The summed E-state index contributed by atoms with van der Waals surface area (Å²) in [5.74, 6) is -1.64. The quantitative estimate of drug-likeness (QED) is 0.909. The lowest BCUT2D eigenvalue weighted by Gasteiger charge is -2.19. The monoisotopic (exact) mass is 287 g/mol. The van der Waals surface area contributed by atoms with Gasteiger partial charge in [-0.25, -0.2) is 8.78 Å². The van der Waals surface area contributed by atoms with Crippen molar-refractivity contribution in [3.63, 3.8) is 0 Å². The standard InChI is InChI=1S/C17H15F2NO/c18-13-8-9-14(15(19)10-13)17(21)20-16(12-6-7-12)11-4-2-1-3-5-11/h1-5,8-10,12,16H,6-7H2,(H,20,21)/t16-/m1/s1. The van der Waals surface area contributed by atoms with Gasteiger partial charge in [0.25, 0.3) is 5.91 Å². The maximum Gasteiger partial charge on any atom is 0.254 e. The van der Waals surface area contributed by atoms with Crippen LogP contribution >= 0.6 is 0 Å². The van der Waals surface area contributed by atoms with Crippen molar-refractivity contribution in [3.8, 4) is 0 Å². The molecule has 3 rings (SSSR count). The van der Waals surface area contributed by atoms with Crippen molar-refractivity contribution < 1.29 is 13.6 Å².